The molecule has 0 atom stereocenters. The van der Waals surface area contributed by atoms with Crippen molar-refractivity contribution in [3.8, 4) is 22.8 Å². The van der Waals surface area contributed by atoms with E-state index in [2.05, 4.69) is 42.0 Å². The number of hydrogen-bond donors (Lipinski definition) is 1. The molecule has 6 heteroatoms. The van der Waals surface area contributed by atoms with Gasteiger partial charge >= 0.3 is 0 Å². The Kier molecular flexibility index (Phi) is 3.82. The zero-order valence-electron chi connectivity index (χ0n) is 11.1. The van der Waals surface area contributed by atoms with Gasteiger partial charge < -0.3 is 10.3 Å². The first-order valence-electron chi connectivity index (χ1n) is 6.21. The van der Waals surface area contributed by atoms with Crippen LogP contribution in [0.1, 0.15) is 5.56 Å². The average Bonchev–Trinajstić information content (AvgIpc) is 2.91. The first kappa shape index (κ1) is 14.3. The van der Waals surface area contributed by atoms with Crippen molar-refractivity contribution < 1.29 is 4.52 Å². The van der Waals surface area contributed by atoms with Crippen LogP contribution in [-0.4, -0.2) is 10.1 Å². The highest BCUT2D eigenvalue weighted by atomic mass is 79.9. The maximum absolute atomic E-state index is 6.03. The molecular formula is C15H11Br2N3O. The van der Waals surface area contributed by atoms with Crippen LogP contribution in [0.5, 0.6) is 0 Å². The molecule has 0 aliphatic rings. The van der Waals surface area contributed by atoms with Crippen molar-refractivity contribution in [1.29, 1.82) is 0 Å². The number of nitrogen functional groups attached to an aromatic ring is 1. The van der Waals surface area contributed by atoms with Gasteiger partial charge in [0.05, 0.1) is 11.3 Å². The van der Waals surface area contributed by atoms with E-state index in [0.717, 1.165) is 25.6 Å². The van der Waals surface area contributed by atoms with Crippen molar-refractivity contribution in [1.82, 2.24) is 10.1 Å². The van der Waals surface area contributed by atoms with Gasteiger partial charge in [-0.05, 0) is 58.7 Å². The molecule has 4 nitrogen and oxygen atoms in total. The maximum Gasteiger partial charge on any atom is 0.260 e. The fourth-order valence-corrected chi connectivity index (χ4v) is 2.89. The first-order valence-corrected chi connectivity index (χ1v) is 7.79. The first-order chi connectivity index (χ1) is 10.1. The number of halogens is 2. The lowest BCUT2D eigenvalue weighted by molar-refractivity contribution is 0.432. The molecule has 2 N–H and O–H groups in total. The van der Waals surface area contributed by atoms with Gasteiger partial charge in [0.15, 0.2) is 0 Å². The summed E-state index contributed by atoms with van der Waals surface area (Å²) in [6, 6.07) is 11.5. The zero-order chi connectivity index (χ0) is 15.0. The Bertz CT molecular complexity index is 814. The van der Waals surface area contributed by atoms with E-state index in [-0.39, 0.29) is 0 Å². The second-order valence-electron chi connectivity index (χ2n) is 4.58. The van der Waals surface area contributed by atoms with Crippen molar-refractivity contribution in [2.75, 3.05) is 5.73 Å². The third kappa shape index (κ3) is 2.73. The predicted molar refractivity (Wildman–Crippen MR) is 89.7 cm³/mol. The van der Waals surface area contributed by atoms with Crippen molar-refractivity contribution in [3.05, 3.63) is 50.9 Å². The Balaban J connectivity index is 2.06. The lowest BCUT2D eigenvalue weighted by atomic mass is 10.1. The summed E-state index contributed by atoms with van der Waals surface area (Å²) in [6.45, 7) is 2.00. The van der Waals surface area contributed by atoms with Crippen LogP contribution in [-0.2, 0) is 0 Å². The van der Waals surface area contributed by atoms with E-state index in [4.69, 9.17) is 10.3 Å². The monoisotopic (exact) mass is 407 g/mol. The molecule has 1 heterocycles. The van der Waals surface area contributed by atoms with E-state index in [1.165, 1.54) is 0 Å². The smallest absolute Gasteiger partial charge is 0.260 e. The van der Waals surface area contributed by atoms with Crippen LogP contribution in [0.4, 0.5) is 5.69 Å². The van der Waals surface area contributed by atoms with E-state index in [1.807, 2.05) is 43.3 Å². The van der Waals surface area contributed by atoms with Gasteiger partial charge in [0.25, 0.3) is 5.89 Å². The molecule has 21 heavy (non-hydrogen) atoms. The Hall–Kier alpha value is -1.66. The molecule has 0 fully saturated rings. The van der Waals surface area contributed by atoms with Crippen LogP contribution in [0.25, 0.3) is 22.8 Å². The van der Waals surface area contributed by atoms with Gasteiger partial charge in [-0.25, -0.2) is 0 Å². The zero-order valence-corrected chi connectivity index (χ0v) is 14.3. The van der Waals surface area contributed by atoms with Crippen molar-refractivity contribution in [2.24, 2.45) is 0 Å². The molecule has 3 rings (SSSR count). The summed E-state index contributed by atoms with van der Waals surface area (Å²) in [7, 11) is 0. The molecule has 1 aromatic heterocycles. The SMILES string of the molecule is Cc1cc(Br)ccc1-c1noc(-c2cccc(Br)c2N)n1. The highest BCUT2D eigenvalue weighted by Crippen LogP contribution is 2.32. The topological polar surface area (TPSA) is 64.9 Å². The molecule has 0 unspecified atom stereocenters. The summed E-state index contributed by atoms with van der Waals surface area (Å²) in [6.07, 6.45) is 0. The fraction of sp³-hybridized carbons (Fsp3) is 0.0667. The third-order valence-electron chi connectivity index (χ3n) is 3.14. The summed E-state index contributed by atoms with van der Waals surface area (Å²) in [5.41, 5.74) is 9.34. The largest absolute Gasteiger partial charge is 0.397 e. The normalized spacial score (nSPS) is 10.8. The Labute approximate surface area is 138 Å². The molecule has 2 aromatic carbocycles. The summed E-state index contributed by atoms with van der Waals surface area (Å²) in [5, 5.41) is 4.05. The predicted octanol–water partition coefficient (Wildman–Crippen LogP) is 4.82. The van der Waals surface area contributed by atoms with Crippen LogP contribution < -0.4 is 5.73 Å². The quantitative estimate of drug-likeness (QED) is 0.617. The summed E-state index contributed by atoms with van der Waals surface area (Å²) in [4.78, 5) is 4.45. The Morgan fingerprint density at radius 2 is 1.90 bits per heavy atom. The molecule has 0 aliphatic heterocycles. The van der Waals surface area contributed by atoms with Crippen LogP contribution >= 0.6 is 31.9 Å². The van der Waals surface area contributed by atoms with Crippen LogP contribution in [0, 0.1) is 6.92 Å². The fourth-order valence-electron chi connectivity index (χ4n) is 2.04. The minimum Gasteiger partial charge on any atom is -0.397 e. The highest BCUT2D eigenvalue weighted by molar-refractivity contribution is 9.10. The van der Waals surface area contributed by atoms with Crippen LogP contribution in [0.2, 0.25) is 0 Å². The lowest BCUT2D eigenvalue weighted by Crippen LogP contribution is -1.91. The lowest BCUT2D eigenvalue weighted by Gasteiger charge is -2.02. The van der Waals surface area contributed by atoms with Gasteiger partial charge in [-0.1, -0.05) is 27.2 Å². The molecule has 0 spiro atoms. The number of nitrogens with zero attached hydrogens (tertiary/aromatic N) is 2. The van der Waals surface area contributed by atoms with E-state index in [1.54, 1.807) is 0 Å². The molecule has 0 saturated carbocycles. The number of para-hydroxylation sites is 1. The third-order valence-corrected chi connectivity index (χ3v) is 4.32. The van der Waals surface area contributed by atoms with Gasteiger partial charge in [0.1, 0.15) is 0 Å². The van der Waals surface area contributed by atoms with E-state index < -0.39 is 0 Å². The van der Waals surface area contributed by atoms with Crippen molar-refractivity contribution in [3.63, 3.8) is 0 Å². The van der Waals surface area contributed by atoms with Crippen LogP contribution in [0.15, 0.2) is 49.9 Å². The van der Waals surface area contributed by atoms with Gasteiger partial charge in [-0.3, -0.25) is 0 Å². The van der Waals surface area contributed by atoms with Crippen molar-refractivity contribution in [2.45, 2.75) is 6.92 Å². The summed E-state index contributed by atoms with van der Waals surface area (Å²) in [5.74, 6) is 0.959. The van der Waals surface area contributed by atoms with Crippen molar-refractivity contribution >= 4 is 37.5 Å². The molecule has 106 valence electrons. The molecular weight excluding hydrogens is 398 g/mol. The number of rotatable bonds is 2. The van der Waals surface area contributed by atoms with Gasteiger partial charge in [0, 0.05) is 14.5 Å². The molecule has 3 aromatic rings. The second-order valence-corrected chi connectivity index (χ2v) is 6.35. The molecule has 0 radical (unpaired) electrons. The molecule has 0 amide bonds. The summed E-state index contributed by atoms with van der Waals surface area (Å²) >= 11 is 6.84. The molecule has 0 saturated heterocycles. The summed E-state index contributed by atoms with van der Waals surface area (Å²) < 4.78 is 7.17. The minimum absolute atomic E-state index is 0.408. The highest BCUT2D eigenvalue weighted by Gasteiger charge is 2.15. The van der Waals surface area contributed by atoms with Crippen LogP contribution in [0.3, 0.4) is 0 Å². The standard InChI is InChI=1S/C15H11Br2N3O/c1-8-7-9(16)5-6-10(8)14-19-15(21-20-14)11-3-2-4-12(17)13(11)18/h2-7H,18H2,1H3. The Morgan fingerprint density at radius 3 is 2.67 bits per heavy atom. The number of aryl methyl sites for hydroxylation is 1. The average molecular weight is 409 g/mol. The maximum atomic E-state index is 6.03. The Morgan fingerprint density at radius 1 is 1.10 bits per heavy atom. The van der Waals surface area contributed by atoms with E-state index in [0.29, 0.717) is 17.4 Å². The minimum atomic E-state index is 0.408. The van der Waals surface area contributed by atoms with E-state index >= 15 is 0 Å². The van der Waals surface area contributed by atoms with Gasteiger partial charge in [-0.15, -0.1) is 0 Å². The second kappa shape index (κ2) is 5.61. The molecule has 0 bridgehead atoms. The number of benzene rings is 2. The number of nitrogens with two attached hydrogens (primary N) is 1. The van der Waals surface area contributed by atoms with Gasteiger partial charge in [0.2, 0.25) is 5.82 Å². The van der Waals surface area contributed by atoms with Gasteiger partial charge in [-0.2, -0.15) is 4.98 Å². The molecule has 0 aliphatic carbocycles. The number of anilines is 1. The van der Waals surface area contributed by atoms with E-state index in [9.17, 15) is 0 Å². The number of hydrogen-bond acceptors (Lipinski definition) is 4. The number of aromatic nitrogens is 2.